The molecule has 0 aliphatic heterocycles. The molecule has 0 aromatic carbocycles. The quantitative estimate of drug-likeness (QED) is 0.0446. The summed E-state index contributed by atoms with van der Waals surface area (Å²) >= 11 is 2.75. The van der Waals surface area contributed by atoms with Gasteiger partial charge in [0.25, 0.3) is 24.7 Å². The molecule has 0 spiro atoms. The number of aryl methyl sites for hydroxylation is 4. The molecule has 0 bridgehead atoms. The molecule has 0 saturated heterocycles. The lowest BCUT2D eigenvalue weighted by Gasteiger charge is -2.25. The number of carbonyl (C=O) groups is 4. The van der Waals surface area contributed by atoms with Crippen LogP contribution in [0.4, 0.5) is 59.9 Å². The first-order chi connectivity index (χ1) is 36.6. The van der Waals surface area contributed by atoms with Crippen LogP contribution in [0, 0.1) is 23.7 Å². The molecule has 6 heterocycles. The maximum atomic E-state index is 13.5. The van der Waals surface area contributed by atoms with E-state index < -0.39 is 48.8 Å². The van der Waals surface area contributed by atoms with Crippen LogP contribution >= 0.6 is 22.7 Å². The zero-order valence-electron chi connectivity index (χ0n) is 41.2. The Morgan fingerprint density at radius 3 is 1.38 bits per heavy atom. The Morgan fingerprint density at radius 2 is 1.04 bits per heavy atom. The molecule has 0 radical (unpaired) electrons. The van der Waals surface area contributed by atoms with Crippen LogP contribution in [0.5, 0.6) is 0 Å². The first-order valence-electron chi connectivity index (χ1n) is 25.3. The van der Waals surface area contributed by atoms with Crippen molar-refractivity contribution in [2.75, 3.05) is 34.4 Å². The number of aromatic nitrogens is 10. The van der Waals surface area contributed by atoms with E-state index in [0.717, 1.165) is 59.4 Å². The van der Waals surface area contributed by atoms with E-state index in [-0.39, 0.29) is 51.0 Å². The second-order valence-corrected chi connectivity index (χ2v) is 22.6. The smallest absolute Gasteiger partial charge is 0.282 e. The third-order valence-corrected chi connectivity index (χ3v) is 17.1. The fourth-order valence-corrected chi connectivity index (χ4v) is 12.2. The number of hydrogen-bond acceptors (Lipinski definition) is 14. The maximum Gasteiger partial charge on any atom is 0.282 e. The Hall–Kier alpha value is -6.84. The van der Waals surface area contributed by atoms with Gasteiger partial charge in [-0.25, -0.2) is 26.3 Å². The summed E-state index contributed by atoms with van der Waals surface area (Å²) in [5.74, 6) is -0.189. The third kappa shape index (κ3) is 11.0. The summed E-state index contributed by atoms with van der Waals surface area (Å²) in [5, 5.41) is 42.6. The van der Waals surface area contributed by atoms with Gasteiger partial charge < -0.3 is 31.9 Å². The van der Waals surface area contributed by atoms with Crippen molar-refractivity contribution in [1.82, 2.24) is 59.7 Å². The third-order valence-electron chi connectivity index (χ3n) is 14.7. The predicted octanol–water partition coefficient (Wildman–Crippen LogP) is 8.33. The molecule has 6 N–H and O–H groups in total. The lowest BCUT2D eigenvalue weighted by molar-refractivity contribution is -0.118. The van der Waals surface area contributed by atoms with Gasteiger partial charge in [0.1, 0.15) is 58.0 Å². The van der Waals surface area contributed by atoms with Crippen LogP contribution in [-0.4, -0.2) is 98.2 Å². The molecule has 6 atom stereocenters. The second-order valence-electron chi connectivity index (χ2n) is 20.3. The van der Waals surface area contributed by atoms with Crippen molar-refractivity contribution in [3.63, 3.8) is 0 Å². The van der Waals surface area contributed by atoms with E-state index in [0.29, 0.717) is 95.3 Å². The number of nitrogens with zero attached hydrogens (tertiary/aromatic N) is 10. The summed E-state index contributed by atoms with van der Waals surface area (Å²) in [5.41, 5.74) is 1.89. The van der Waals surface area contributed by atoms with Gasteiger partial charge in [0.2, 0.25) is 23.7 Å². The normalized spacial score (nSPS) is 22.3. The van der Waals surface area contributed by atoms with Crippen LogP contribution < -0.4 is 31.9 Å². The first kappa shape index (κ1) is 51.3. The van der Waals surface area contributed by atoms with Gasteiger partial charge in [-0.15, -0.1) is 43.1 Å². The minimum absolute atomic E-state index is 0. The number of nitrogens with one attached hydrogen (secondary N) is 6. The molecule has 0 unspecified atom stereocenters. The molecule has 6 aliphatic rings. The first-order valence-corrected chi connectivity index (χ1v) is 26.9. The zero-order chi connectivity index (χ0) is 53.1. The van der Waals surface area contributed by atoms with E-state index in [1.54, 1.807) is 26.7 Å². The van der Waals surface area contributed by atoms with Gasteiger partial charge >= 0.3 is 0 Å². The minimum atomic E-state index is -2.69. The second kappa shape index (κ2) is 20.9. The molecule has 4 amide bonds. The van der Waals surface area contributed by atoms with Crippen molar-refractivity contribution in [1.29, 1.82) is 0 Å². The van der Waals surface area contributed by atoms with Gasteiger partial charge in [-0.1, -0.05) is 0 Å². The molecule has 6 aliphatic carbocycles. The molecular formula is C48H58F6N16O4S2. The van der Waals surface area contributed by atoms with E-state index in [4.69, 9.17) is 0 Å². The molecule has 28 heteroatoms. The summed E-state index contributed by atoms with van der Waals surface area (Å²) in [6.45, 7) is 1.17. The fourth-order valence-electron chi connectivity index (χ4n) is 9.69. The number of fused-ring (bicyclic) bond motifs is 2. The summed E-state index contributed by atoms with van der Waals surface area (Å²) < 4.78 is 85.7. The highest BCUT2D eigenvalue weighted by molar-refractivity contribution is 7.17. The van der Waals surface area contributed by atoms with E-state index in [1.165, 1.54) is 44.2 Å². The fraction of sp³-hybridized carbons (Fsp3) is 0.542. The standard InChI is InChI=1S/2C24H27F3N8O2S.2H2/c2*1-34-18(8-16(33-34)20(26)27)30-24-32-29-10-35(24)12-4-5-17-14(6-12)19(22(37)28-9-11-2-3-11)23(38-17)31-21(36)13-7-15(13)25;;/h2*8,10-13,15,20H,2-7,9H2,1H3,(H,28,37)(H,30,32)(H,31,36);2*1H/t12-,13+,15-;12-,13-,15+;;/m00../s1. The lowest BCUT2D eigenvalue weighted by Crippen LogP contribution is -2.29. The minimum Gasteiger partial charge on any atom is -0.352 e. The molecule has 6 aromatic rings. The van der Waals surface area contributed by atoms with Crippen molar-refractivity contribution < 1.29 is 48.4 Å². The number of amides is 4. The van der Waals surface area contributed by atoms with Gasteiger partial charge in [-0.2, -0.15) is 10.2 Å². The molecule has 76 heavy (non-hydrogen) atoms. The molecule has 6 aromatic heterocycles. The number of hydrogen-bond donors (Lipinski definition) is 6. The van der Waals surface area contributed by atoms with Crippen LogP contribution in [0.25, 0.3) is 0 Å². The topological polar surface area (TPSA) is 238 Å². The van der Waals surface area contributed by atoms with E-state index >= 15 is 0 Å². The van der Waals surface area contributed by atoms with E-state index in [9.17, 15) is 45.5 Å². The Morgan fingerprint density at radius 1 is 0.645 bits per heavy atom. The van der Waals surface area contributed by atoms with Crippen LogP contribution in [-0.2, 0) is 49.4 Å². The molecule has 12 rings (SSSR count). The van der Waals surface area contributed by atoms with Gasteiger partial charge in [-0.05, 0) is 100 Å². The molecule has 20 nitrogen and oxygen atoms in total. The molecular weight excluding hydrogens is 1040 g/mol. The maximum absolute atomic E-state index is 13.5. The predicted molar refractivity (Wildman–Crippen MR) is 271 cm³/mol. The monoisotopic (exact) mass is 1100 g/mol. The Kier molecular flexibility index (Phi) is 14.1. The highest BCUT2D eigenvalue weighted by Crippen LogP contribution is 2.46. The van der Waals surface area contributed by atoms with Crippen molar-refractivity contribution in [3.05, 3.63) is 68.2 Å². The number of thiophene rings is 2. The van der Waals surface area contributed by atoms with Crippen LogP contribution in [0.1, 0.15) is 132 Å². The molecule has 4 saturated carbocycles. The SMILES string of the molecule is Cn1nc(C(F)F)cc1Nc1nncn1[C@H]1CCc2sc(NC(=O)[C@@H]3C[C@@H]3F)c(C(=O)NCC3CC3)c2C1.Cn1nc(C(F)F)cc1Nc1nncn1[C@H]1CCc2sc(NC(=O)[C@H]3C[C@H]3F)c(C(=O)NCC3CC3)c2C1.[HH].[HH]. The average Bonchev–Trinajstić information content (AvgIpc) is 4.37. The summed E-state index contributed by atoms with van der Waals surface area (Å²) in [6.07, 6.45) is 4.02. The van der Waals surface area contributed by atoms with Crippen molar-refractivity contribution in [3.8, 4) is 0 Å². The van der Waals surface area contributed by atoms with E-state index in [1.807, 2.05) is 9.13 Å². The number of carbonyl (C=O) groups excluding carboxylic acids is 4. The van der Waals surface area contributed by atoms with Gasteiger partial charge in [0.05, 0.1) is 23.0 Å². The van der Waals surface area contributed by atoms with Crippen LogP contribution in [0.15, 0.2) is 24.8 Å². The lowest BCUT2D eigenvalue weighted by atomic mass is 9.91. The van der Waals surface area contributed by atoms with Gasteiger partial charge in [0, 0.05) is 64.0 Å². The van der Waals surface area contributed by atoms with Crippen molar-refractivity contribution in [2.45, 2.75) is 114 Å². The number of halogens is 6. The highest BCUT2D eigenvalue weighted by Gasteiger charge is 2.46. The average molecular weight is 1100 g/mol. The summed E-state index contributed by atoms with van der Waals surface area (Å²) in [7, 11) is 3.12. The van der Waals surface area contributed by atoms with Crippen molar-refractivity contribution >= 4 is 79.8 Å². The van der Waals surface area contributed by atoms with Gasteiger partial charge in [-0.3, -0.25) is 37.7 Å². The van der Waals surface area contributed by atoms with E-state index in [2.05, 4.69) is 62.5 Å². The molecule has 4 fully saturated rings. The highest BCUT2D eigenvalue weighted by atomic mass is 32.1. The molecule has 408 valence electrons. The Labute approximate surface area is 441 Å². The number of alkyl halides is 6. The largest absolute Gasteiger partial charge is 0.352 e. The van der Waals surface area contributed by atoms with Crippen LogP contribution in [0.2, 0.25) is 0 Å². The van der Waals surface area contributed by atoms with Crippen molar-refractivity contribution in [2.24, 2.45) is 37.8 Å². The summed E-state index contributed by atoms with van der Waals surface area (Å²) in [6, 6.07) is 2.30. The number of anilines is 6. The number of rotatable bonds is 18. The Balaban J connectivity index is 0.000000185. The van der Waals surface area contributed by atoms with Crippen LogP contribution in [0.3, 0.4) is 0 Å². The zero-order valence-corrected chi connectivity index (χ0v) is 42.8. The Bertz CT molecular complexity index is 2980. The van der Waals surface area contributed by atoms with Gasteiger partial charge in [0.15, 0.2) is 0 Å². The summed E-state index contributed by atoms with van der Waals surface area (Å²) in [4.78, 5) is 53.7.